The van der Waals surface area contributed by atoms with Gasteiger partial charge in [0.25, 0.3) is 0 Å². The minimum atomic E-state index is -0.946. The Morgan fingerprint density at radius 2 is 1.91 bits per heavy atom. The highest BCUT2D eigenvalue weighted by molar-refractivity contribution is 5.87. The average Bonchev–Trinajstić information content (AvgIpc) is 2.52. The van der Waals surface area contributed by atoms with E-state index in [1.165, 1.54) is 0 Å². The van der Waals surface area contributed by atoms with Gasteiger partial charge in [0.1, 0.15) is 0 Å². The molecule has 1 fully saturated rings. The van der Waals surface area contributed by atoms with Crippen molar-refractivity contribution in [3.63, 3.8) is 0 Å². The molecule has 2 N–H and O–H groups in total. The number of benzene rings is 1. The maximum Gasteiger partial charge on any atom is 0.335 e. The van der Waals surface area contributed by atoms with Crippen LogP contribution in [0, 0.1) is 5.92 Å². The van der Waals surface area contributed by atoms with E-state index >= 15 is 0 Å². The number of hydrogen-bond donors (Lipinski definition) is 2. The van der Waals surface area contributed by atoms with Gasteiger partial charge in [0.2, 0.25) is 0 Å². The zero-order valence-electron chi connectivity index (χ0n) is 14.0. The van der Waals surface area contributed by atoms with E-state index in [9.17, 15) is 9.59 Å². The summed E-state index contributed by atoms with van der Waals surface area (Å²) in [7, 11) is 2.08. The molecule has 1 atom stereocenters. The Labute approximate surface area is 137 Å². The lowest BCUT2D eigenvalue weighted by Crippen LogP contribution is -2.58. The van der Waals surface area contributed by atoms with Crippen molar-refractivity contribution in [2.24, 2.45) is 5.92 Å². The lowest BCUT2D eigenvalue weighted by molar-refractivity contribution is 0.0696. The molecule has 6 heteroatoms. The Morgan fingerprint density at radius 1 is 1.26 bits per heavy atom. The van der Waals surface area contributed by atoms with Crippen LogP contribution in [0.4, 0.5) is 4.79 Å². The van der Waals surface area contributed by atoms with Gasteiger partial charge in [0, 0.05) is 32.2 Å². The van der Waals surface area contributed by atoms with Gasteiger partial charge in [-0.25, -0.2) is 9.59 Å². The summed E-state index contributed by atoms with van der Waals surface area (Å²) in [5.41, 5.74) is 1.14. The van der Waals surface area contributed by atoms with E-state index in [0.29, 0.717) is 12.5 Å². The third-order valence-corrected chi connectivity index (χ3v) is 4.30. The smallest absolute Gasteiger partial charge is 0.335 e. The van der Waals surface area contributed by atoms with E-state index in [0.717, 1.165) is 25.2 Å². The van der Waals surface area contributed by atoms with Gasteiger partial charge >= 0.3 is 12.0 Å². The van der Waals surface area contributed by atoms with Crippen LogP contribution in [0.5, 0.6) is 0 Å². The van der Waals surface area contributed by atoms with Crippen LogP contribution < -0.4 is 5.32 Å². The minimum Gasteiger partial charge on any atom is -0.478 e. The van der Waals surface area contributed by atoms with Gasteiger partial charge in [-0.1, -0.05) is 26.0 Å². The fraction of sp³-hybridized carbons (Fsp3) is 0.529. The molecule has 6 nitrogen and oxygen atoms in total. The zero-order chi connectivity index (χ0) is 17.0. The van der Waals surface area contributed by atoms with Gasteiger partial charge in [0.15, 0.2) is 0 Å². The highest BCUT2D eigenvalue weighted by Crippen LogP contribution is 2.16. The molecule has 1 unspecified atom stereocenters. The quantitative estimate of drug-likeness (QED) is 0.888. The third-order valence-electron chi connectivity index (χ3n) is 4.30. The summed E-state index contributed by atoms with van der Waals surface area (Å²) < 4.78 is 0. The number of carboxylic acid groups (broad SMARTS) is 1. The fourth-order valence-corrected chi connectivity index (χ4v) is 2.82. The number of nitrogens with one attached hydrogen (secondary N) is 1. The number of urea groups is 1. The van der Waals surface area contributed by atoms with E-state index in [-0.39, 0.29) is 17.6 Å². The predicted octanol–water partition coefficient (Wildman–Crippen LogP) is 1.87. The standard InChI is InChI=1S/C17H25N3O3/c1-12(2)15-11-19(3)8-9-20(15)17(23)18-10-13-4-6-14(7-5-13)16(21)22/h4-7,12,15H,8-11H2,1-3H3,(H,18,23)(H,21,22). The molecule has 0 spiro atoms. The number of likely N-dealkylation sites (N-methyl/N-ethyl adjacent to an activating group) is 1. The van der Waals surface area contributed by atoms with Crippen LogP contribution in [-0.4, -0.2) is 59.6 Å². The van der Waals surface area contributed by atoms with E-state index in [1.807, 2.05) is 4.90 Å². The summed E-state index contributed by atoms with van der Waals surface area (Å²) in [6.45, 7) is 7.16. The number of hydrogen-bond acceptors (Lipinski definition) is 3. The van der Waals surface area contributed by atoms with Crippen molar-refractivity contribution in [3.8, 4) is 0 Å². The highest BCUT2D eigenvalue weighted by atomic mass is 16.4. The van der Waals surface area contributed by atoms with Crippen molar-refractivity contribution >= 4 is 12.0 Å². The first kappa shape index (κ1) is 17.3. The molecule has 126 valence electrons. The number of piperazine rings is 1. The second-order valence-electron chi connectivity index (χ2n) is 6.43. The first-order valence-corrected chi connectivity index (χ1v) is 7.93. The number of carbonyl (C=O) groups is 2. The third kappa shape index (κ3) is 4.45. The Morgan fingerprint density at radius 3 is 2.48 bits per heavy atom. The molecule has 1 aromatic rings. The molecule has 1 aliphatic heterocycles. The van der Waals surface area contributed by atoms with Crippen LogP contribution in [0.25, 0.3) is 0 Å². The number of amides is 2. The predicted molar refractivity (Wildman–Crippen MR) is 88.5 cm³/mol. The summed E-state index contributed by atoms with van der Waals surface area (Å²) in [5.74, 6) is -0.545. The van der Waals surface area contributed by atoms with Gasteiger partial charge in [-0.2, -0.15) is 0 Å². The average molecular weight is 319 g/mol. The lowest BCUT2D eigenvalue weighted by Gasteiger charge is -2.42. The molecule has 23 heavy (non-hydrogen) atoms. The highest BCUT2D eigenvalue weighted by Gasteiger charge is 2.30. The molecule has 2 rings (SSSR count). The number of carbonyl (C=O) groups excluding carboxylic acids is 1. The summed E-state index contributed by atoms with van der Waals surface area (Å²) in [4.78, 5) is 27.5. The molecule has 0 aliphatic carbocycles. The minimum absolute atomic E-state index is 0.0564. The van der Waals surface area contributed by atoms with Crippen molar-refractivity contribution in [3.05, 3.63) is 35.4 Å². The lowest BCUT2D eigenvalue weighted by atomic mass is 10.0. The maximum atomic E-state index is 12.5. The number of nitrogens with zero attached hydrogens (tertiary/aromatic N) is 2. The normalized spacial score (nSPS) is 19.0. The van der Waals surface area contributed by atoms with Crippen molar-refractivity contribution in [2.45, 2.75) is 26.4 Å². The maximum absolute atomic E-state index is 12.5. The molecule has 1 aromatic carbocycles. The van der Waals surface area contributed by atoms with Crippen molar-refractivity contribution in [2.75, 3.05) is 26.7 Å². The number of carboxylic acids is 1. The molecule has 0 saturated carbocycles. The van der Waals surface area contributed by atoms with Gasteiger partial charge in [-0.05, 0) is 30.7 Å². The summed E-state index contributed by atoms with van der Waals surface area (Å²) in [6.07, 6.45) is 0. The second-order valence-corrected chi connectivity index (χ2v) is 6.43. The molecular weight excluding hydrogens is 294 g/mol. The monoisotopic (exact) mass is 319 g/mol. The van der Waals surface area contributed by atoms with Gasteiger partial charge < -0.3 is 20.2 Å². The summed E-state index contributed by atoms with van der Waals surface area (Å²) in [5, 5.41) is 11.8. The van der Waals surface area contributed by atoms with Crippen LogP contribution in [0.1, 0.15) is 29.8 Å². The molecule has 0 aromatic heterocycles. The van der Waals surface area contributed by atoms with Crippen LogP contribution in [-0.2, 0) is 6.54 Å². The van der Waals surface area contributed by atoms with Gasteiger partial charge in [-0.3, -0.25) is 0 Å². The van der Waals surface area contributed by atoms with Crippen LogP contribution in [0.2, 0.25) is 0 Å². The SMILES string of the molecule is CC(C)C1CN(C)CCN1C(=O)NCc1ccc(C(=O)O)cc1. The van der Waals surface area contributed by atoms with Crippen molar-refractivity contribution in [1.82, 2.24) is 15.1 Å². The first-order valence-electron chi connectivity index (χ1n) is 7.93. The summed E-state index contributed by atoms with van der Waals surface area (Å²) in [6, 6.07) is 6.72. The molecule has 1 aliphatic rings. The molecule has 0 bridgehead atoms. The van der Waals surface area contributed by atoms with E-state index in [1.54, 1.807) is 24.3 Å². The Kier molecular flexibility index (Phi) is 5.60. The topological polar surface area (TPSA) is 72.9 Å². The Balaban J connectivity index is 1.94. The molecule has 0 radical (unpaired) electrons. The molecule has 2 amide bonds. The number of rotatable bonds is 4. The largest absolute Gasteiger partial charge is 0.478 e. The van der Waals surface area contributed by atoms with Crippen LogP contribution in [0.3, 0.4) is 0 Å². The Hall–Kier alpha value is -2.08. The van der Waals surface area contributed by atoms with Crippen molar-refractivity contribution < 1.29 is 14.7 Å². The van der Waals surface area contributed by atoms with Crippen molar-refractivity contribution in [1.29, 1.82) is 0 Å². The van der Waals surface area contributed by atoms with Crippen LogP contribution in [0.15, 0.2) is 24.3 Å². The molecule has 1 heterocycles. The number of aromatic carboxylic acids is 1. The zero-order valence-corrected chi connectivity index (χ0v) is 14.0. The second kappa shape index (κ2) is 7.46. The molecular formula is C17H25N3O3. The molecule has 1 saturated heterocycles. The van der Waals surface area contributed by atoms with E-state index < -0.39 is 5.97 Å². The first-order chi connectivity index (χ1) is 10.9. The van der Waals surface area contributed by atoms with Gasteiger partial charge in [-0.15, -0.1) is 0 Å². The summed E-state index contributed by atoms with van der Waals surface area (Å²) >= 11 is 0. The van der Waals surface area contributed by atoms with Crippen LogP contribution >= 0.6 is 0 Å². The Bertz CT molecular complexity index is 557. The van der Waals surface area contributed by atoms with E-state index in [2.05, 4.69) is 31.1 Å². The fourth-order valence-electron chi connectivity index (χ4n) is 2.82. The van der Waals surface area contributed by atoms with Gasteiger partial charge in [0.05, 0.1) is 5.56 Å². The van der Waals surface area contributed by atoms with E-state index in [4.69, 9.17) is 5.11 Å².